The fraction of sp³-hybridized carbons (Fsp3) is 0.100. The molecule has 0 bridgehead atoms. The predicted octanol–water partition coefficient (Wildman–Crippen LogP) is 3.85. The molecular formula is C20H15FN4O2S. The van der Waals surface area contributed by atoms with Crippen molar-refractivity contribution in [3.05, 3.63) is 81.5 Å². The van der Waals surface area contributed by atoms with Gasteiger partial charge in [-0.05, 0) is 43.7 Å². The molecule has 0 fully saturated rings. The Kier molecular flexibility index (Phi) is 4.48. The number of para-hydroxylation sites is 1. The highest BCUT2D eigenvalue weighted by atomic mass is 32.1. The number of thiazole rings is 1. The number of anilines is 1. The fourth-order valence-electron chi connectivity index (χ4n) is 2.81. The summed E-state index contributed by atoms with van der Waals surface area (Å²) in [6, 6.07) is 13.1. The van der Waals surface area contributed by atoms with Gasteiger partial charge in [0.1, 0.15) is 11.5 Å². The second-order valence-electron chi connectivity index (χ2n) is 6.31. The molecule has 1 N–H and O–H groups in total. The summed E-state index contributed by atoms with van der Waals surface area (Å²) in [6.45, 7) is 3.59. The Morgan fingerprint density at radius 1 is 1.14 bits per heavy atom. The van der Waals surface area contributed by atoms with Gasteiger partial charge in [-0.1, -0.05) is 29.5 Å². The Bertz CT molecular complexity index is 1280. The molecule has 0 saturated heterocycles. The number of nitrogens with zero attached hydrogens (tertiary/aromatic N) is 3. The van der Waals surface area contributed by atoms with Crippen LogP contribution in [0, 0.1) is 19.7 Å². The number of halogens is 1. The van der Waals surface area contributed by atoms with Crippen molar-refractivity contribution < 1.29 is 9.18 Å². The third-order valence-corrected chi connectivity index (χ3v) is 5.10. The number of benzene rings is 2. The molecule has 0 spiro atoms. The molecule has 0 radical (unpaired) electrons. The van der Waals surface area contributed by atoms with Crippen molar-refractivity contribution in [1.82, 2.24) is 14.8 Å². The number of aromatic nitrogens is 3. The smallest absolute Gasteiger partial charge is 0.281 e. The number of aryl methyl sites for hydroxylation is 2. The van der Waals surface area contributed by atoms with Crippen molar-refractivity contribution in [3.63, 3.8) is 0 Å². The van der Waals surface area contributed by atoms with Gasteiger partial charge in [-0.3, -0.25) is 14.9 Å². The molecule has 0 saturated carbocycles. The van der Waals surface area contributed by atoms with Gasteiger partial charge in [0.05, 0.1) is 10.2 Å². The minimum atomic E-state index is -0.689. The van der Waals surface area contributed by atoms with Crippen molar-refractivity contribution >= 4 is 32.6 Å². The number of carbonyl (C=O) groups is 1. The first-order valence-electron chi connectivity index (χ1n) is 8.47. The largest absolute Gasteiger partial charge is 0.296 e. The number of fused-ring (bicyclic) bond motifs is 1. The molecule has 28 heavy (non-hydrogen) atoms. The zero-order chi connectivity index (χ0) is 19.8. The second kappa shape index (κ2) is 6.97. The van der Waals surface area contributed by atoms with Gasteiger partial charge in [0.15, 0.2) is 10.8 Å². The Labute approximate surface area is 163 Å². The molecule has 1 amide bonds. The van der Waals surface area contributed by atoms with E-state index in [4.69, 9.17) is 0 Å². The average Bonchev–Trinajstić information content (AvgIpc) is 3.03. The second-order valence-corrected chi connectivity index (χ2v) is 7.34. The fourth-order valence-corrected chi connectivity index (χ4v) is 3.77. The number of nitrogens with one attached hydrogen (secondary N) is 1. The summed E-state index contributed by atoms with van der Waals surface area (Å²) in [4.78, 5) is 29.3. The van der Waals surface area contributed by atoms with Crippen molar-refractivity contribution in [1.29, 1.82) is 0 Å². The summed E-state index contributed by atoms with van der Waals surface area (Å²) in [5.74, 6) is -1.19. The zero-order valence-corrected chi connectivity index (χ0v) is 15.9. The molecule has 2 aromatic heterocycles. The van der Waals surface area contributed by atoms with Crippen LogP contribution in [0.3, 0.4) is 0 Å². The van der Waals surface area contributed by atoms with Crippen LogP contribution in [0.25, 0.3) is 15.9 Å². The molecule has 4 aromatic rings. The van der Waals surface area contributed by atoms with Gasteiger partial charge in [-0.2, -0.15) is 5.10 Å². The lowest BCUT2D eigenvalue weighted by molar-refractivity contribution is 0.101. The molecule has 2 aromatic carbocycles. The molecule has 4 rings (SSSR count). The Hall–Kier alpha value is -3.39. The van der Waals surface area contributed by atoms with E-state index in [0.29, 0.717) is 10.8 Å². The molecule has 2 heterocycles. The molecular weight excluding hydrogens is 379 g/mol. The summed E-state index contributed by atoms with van der Waals surface area (Å²) in [5.41, 5.74) is 1.55. The highest BCUT2D eigenvalue weighted by Crippen LogP contribution is 2.26. The van der Waals surface area contributed by atoms with E-state index < -0.39 is 17.2 Å². The van der Waals surface area contributed by atoms with Crippen LogP contribution in [0.4, 0.5) is 9.52 Å². The summed E-state index contributed by atoms with van der Waals surface area (Å²) in [5, 5.41) is 7.08. The third kappa shape index (κ3) is 3.29. The van der Waals surface area contributed by atoms with Gasteiger partial charge < -0.3 is 0 Å². The van der Waals surface area contributed by atoms with E-state index in [1.54, 1.807) is 19.1 Å². The van der Waals surface area contributed by atoms with Gasteiger partial charge in [-0.25, -0.2) is 14.1 Å². The number of hydrogen-bond acceptors (Lipinski definition) is 5. The van der Waals surface area contributed by atoms with Gasteiger partial charge >= 0.3 is 0 Å². The third-order valence-electron chi connectivity index (χ3n) is 4.17. The van der Waals surface area contributed by atoms with Crippen LogP contribution in [-0.4, -0.2) is 20.7 Å². The summed E-state index contributed by atoms with van der Waals surface area (Å²) < 4.78 is 16.3. The lowest BCUT2D eigenvalue weighted by Crippen LogP contribution is -2.27. The van der Waals surface area contributed by atoms with E-state index in [9.17, 15) is 14.0 Å². The number of rotatable bonds is 3. The SMILES string of the molecule is Cc1ccc2nc(NC(=O)c3nn(-c4ccccc4F)c(C)cc3=O)sc2c1. The van der Waals surface area contributed by atoms with Crippen LogP contribution in [-0.2, 0) is 0 Å². The zero-order valence-electron chi connectivity index (χ0n) is 15.1. The van der Waals surface area contributed by atoms with Gasteiger partial charge in [0.2, 0.25) is 5.43 Å². The minimum Gasteiger partial charge on any atom is -0.296 e. The molecule has 6 nitrogen and oxygen atoms in total. The maximum absolute atomic E-state index is 14.1. The van der Waals surface area contributed by atoms with Crippen LogP contribution in [0.5, 0.6) is 0 Å². The maximum atomic E-state index is 14.1. The van der Waals surface area contributed by atoms with Crippen LogP contribution in [0.1, 0.15) is 21.7 Å². The Morgan fingerprint density at radius 3 is 2.71 bits per heavy atom. The molecule has 0 aliphatic carbocycles. The predicted molar refractivity (Wildman–Crippen MR) is 107 cm³/mol. The van der Waals surface area contributed by atoms with Crippen LogP contribution >= 0.6 is 11.3 Å². The lowest BCUT2D eigenvalue weighted by Gasteiger charge is -2.11. The molecule has 0 aliphatic rings. The summed E-state index contributed by atoms with van der Waals surface area (Å²) >= 11 is 1.31. The molecule has 0 unspecified atom stereocenters. The number of amides is 1. The highest BCUT2D eigenvalue weighted by molar-refractivity contribution is 7.22. The molecule has 8 heteroatoms. The monoisotopic (exact) mass is 394 g/mol. The number of hydrogen-bond donors (Lipinski definition) is 1. The van der Waals surface area contributed by atoms with E-state index in [-0.39, 0.29) is 11.4 Å². The quantitative estimate of drug-likeness (QED) is 0.573. The van der Waals surface area contributed by atoms with E-state index >= 15 is 0 Å². The van der Waals surface area contributed by atoms with E-state index in [1.165, 1.54) is 34.2 Å². The summed E-state index contributed by atoms with van der Waals surface area (Å²) in [7, 11) is 0. The van der Waals surface area contributed by atoms with Crippen molar-refractivity contribution in [2.24, 2.45) is 0 Å². The first-order chi connectivity index (χ1) is 13.4. The minimum absolute atomic E-state index is 0.157. The van der Waals surface area contributed by atoms with Crippen LogP contribution < -0.4 is 10.7 Å². The van der Waals surface area contributed by atoms with Crippen molar-refractivity contribution in [2.45, 2.75) is 13.8 Å². The standard InChI is InChI=1S/C20H15FN4O2S/c1-11-7-8-14-17(9-11)28-20(22-14)23-19(27)18-16(26)10-12(2)25(24-18)15-6-4-3-5-13(15)21/h3-10H,1-2H3,(H,22,23,27). The van der Waals surface area contributed by atoms with Crippen molar-refractivity contribution in [3.8, 4) is 5.69 Å². The average molecular weight is 394 g/mol. The first-order valence-corrected chi connectivity index (χ1v) is 9.28. The molecule has 0 atom stereocenters. The highest BCUT2D eigenvalue weighted by Gasteiger charge is 2.18. The van der Waals surface area contributed by atoms with E-state index in [1.807, 2.05) is 25.1 Å². The van der Waals surface area contributed by atoms with Gasteiger partial charge in [0.25, 0.3) is 5.91 Å². The maximum Gasteiger partial charge on any atom is 0.281 e. The van der Waals surface area contributed by atoms with E-state index in [0.717, 1.165) is 15.8 Å². The summed E-state index contributed by atoms with van der Waals surface area (Å²) in [6.07, 6.45) is 0. The molecule has 0 aliphatic heterocycles. The van der Waals surface area contributed by atoms with Crippen molar-refractivity contribution in [2.75, 3.05) is 5.32 Å². The normalized spacial score (nSPS) is 11.0. The van der Waals surface area contributed by atoms with Gasteiger partial charge in [-0.15, -0.1) is 0 Å². The Balaban J connectivity index is 1.71. The Morgan fingerprint density at radius 2 is 1.93 bits per heavy atom. The van der Waals surface area contributed by atoms with E-state index in [2.05, 4.69) is 15.4 Å². The van der Waals surface area contributed by atoms with Crippen LogP contribution in [0.2, 0.25) is 0 Å². The first kappa shape index (κ1) is 18.0. The van der Waals surface area contributed by atoms with Crippen LogP contribution in [0.15, 0.2) is 53.3 Å². The number of carbonyl (C=O) groups excluding carboxylic acids is 1. The van der Waals surface area contributed by atoms with Gasteiger partial charge in [0, 0.05) is 11.8 Å². The molecule has 140 valence electrons. The lowest BCUT2D eigenvalue weighted by atomic mass is 10.2. The topological polar surface area (TPSA) is 76.9 Å².